The van der Waals surface area contributed by atoms with Crippen LogP contribution in [0.3, 0.4) is 0 Å². The third-order valence-electron chi connectivity index (χ3n) is 5.22. The largest absolute Gasteiger partial charge is 0.497 e. The Labute approximate surface area is 167 Å². The number of hydrogen-bond donors (Lipinski definition) is 0. The molecule has 0 spiro atoms. The van der Waals surface area contributed by atoms with Crippen LogP contribution in [0.5, 0.6) is 5.75 Å². The standard InChI is InChI=1S/C22H17ClN2O3/c1-27-17-9-7-16(8-10-17)25-21(13-2-5-15(23)6-3-13)20-18(24-25)11-4-14-12-19(26)28-22(14)20/h2-3,5-10,12,22H,4,11H2,1H3. The molecule has 0 radical (unpaired) electrons. The smallest absolute Gasteiger partial charge is 0.331 e. The topological polar surface area (TPSA) is 53.4 Å². The number of methoxy groups -OCH3 is 1. The Bertz CT molecular complexity index is 1100. The van der Waals surface area contributed by atoms with Crippen molar-refractivity contribution in [1.82, 2.24) is 9.78 Å². The Balaban J connectivity index is 1.73. The van der Waals surface area contributed by atoms with Gasteiger partial charge in [-0.15, -0.1) is 0 Å². The SMILES string of the molecule is COc1ccc(-n2nc3c(c2-c2ccc(Cl)cc2)C2OC(=O)C=C2CC3)cc1. The minimum Gasteiger partial charge on any atom is -0.497 e. The molecule has 3 aromatic rings. The van der Waals surface area contributed by atoms with E-state index in [2.05, 4.69) is 0 Å². The highest BCUT2D eigenvalue weighted by atomic mass is 35.5. The van der Waals surface area contributed by atoms with E-state index in [4.69, 9.17) is 26.2 Å². The van der Waals surface area contributed by atoms with Gasteiger partial charge in [0.05, 0.1) is 24.2 Å². The number of esters is 1. The maximum atomic E-state index is 11.9. The van der Waals surface area contributed by atoms with Crippen LogP contribution in [0.2, 0.25) is 5.02 Å². The van der Waals surface area contributed by atoms with E-state index in [9.17, 15) is 4.79 Å². The molecule has 2 aliphatic rings. The number of carbonyl (C=O) groups excluding carboxylic acids is 1. The van der Waals surface area contributed by atoms with Gasteiger partial charge in [0, 0.05) is 22.2 Å². The van der Waals surface area contributed by atoms with E-state index in [1.807, 2.05) is 53.2 Å². The molecule has 140 valence electrons. The molecular weight excluding hydrogens is 376 g/mol. The zero-order chi connectivity index (χ0) is 19.3. The molecule has 0 amide bonds. The molecule has 0 saturated carbocycles. The summed E-state index contributed by atoms with van der Waals surface area (Å²) < 4.78 is 12.8. The highest BCUT2D eigenvalue weighted by molar-refractivity contribution is 6.30. The lowest BCUT2D eigenvalue weighted by Crippen LogP contribution is -2.12. The summed E-state index contributed by atoms with van der Waals surface area (Å²) in [5.41, 5.74) is 5.73. The van der Waals surface area contributed by atoms with Crippen molar-refractivity contribution in [3.8, 4) is 22.7 Å². The summed E-state index contributed by atoms with van der Waals surface area (Å²) in [5, 5.41) is 5.55. The number of rotatable bonds is 3. The van der Waals surface area contributed by atoms with Gasteiger partial charge < -0.3 is 9.47 Å². The van der Waals surface area contributed by atoms with Crippen molar-refractivity contribution in [3.05, 3.63) is 76.5 Å². The van der Waals surface area contributed by atoms with Crippen LogP contribution in [0.1, 0.15) is 23.8 Å². The zero-order valence-corrected chi connectivity index (χ0v) is 15.9. The highest BCUT2D eigenvalue weighted by Crippen LogP contribution is 2.45. The Morgan fingerprint density at radius 2 is 1.86 bits per heavy atom. The second-order valence-corrected chi connectivity index (χ2v) is 7.30. The fraction of sp³-hybridized carbons (Fsp3) is 0.182. The van der Waals surface area contributed by atoms with E-state index in [-0.39, 0.29) is 12.1 Å². The van der Waals surface area contributed by atoms with Crippen LogP contribution in [0.15, 0.2) is 60.2 Å². The van der Waals surface area contributed by atoms with Crippen molar-refractivity contribution in [1.29, 1.82) is 0 Å². The molecule has 1 aromatic heterocycles. The first-order valence-electron chi connectivity index (χ1n) is 9.07. The first-order chi connectivity index (χ1) is 13.6. The fourth-order valence-electron chi connectivity index (χ4n) is 3.89. The summed E-state index contributed by atoms with van der Waals surface area (Å²) in [6, 6.07) is 15.4. The Kier molecular flexibility index (Phi) is 3.98. The van der Waals surface area contributed by atoms with Gasteiger partial charge in [-0.3, -0.25) is 0 Å². The summed E-state index contributed by atoms with van der Waals surface area (Å²) >= 11 is 6.10. The molecule has 0 N–H and O–H groups in total. The predicted octanol–water partition coefficient (Wildman–Crippen LogP) is 4.67. The highest BCUT2D eigenvalue weighted by Gasteiger charge is 2.38. The van der Waals surface area contributed by atoms with Crippen LogP contribution in [0.4, 0.5) is 0 Å². The Hall–Kier alpha value is -3.05. The van der Waals surface area contributed by atoms with Gasteiger partial charge in [-0.1, -0.05) is 23.7 Å². The van der Waals surface area contributed by atoms with Gasteiger partial charge in [-0.05, 0) is 54.8 Å². The first kappa shape index (κ1) is 17.1. The van der Waals surface area contributed by atoms with E-state index in [0.29, 0.717) is 5.02 Å². The summed E-state index contributed by atoms with van der Waals surface area (Å²) in [6.45, 7) is 0. The quantitative estimate of drug-likeness (QED) is 0.608. The van der Waals surface area contributed by atoms with Gasteiger partial charge >= 0.3 is 5.97 Å². The van der Waals surface area contributed by atoms with Crippen LogP contribution in [-0.4, -0.2) is 22.9 Å². The van der Waals surface area contributed by atoms with Gasteiger partial charge in [-0.2, -0.15) is 5.10 Å². The number of halogens is 1. The number of aryl methyl sites for hydroxylation is 1. The van der Waals surface area contributed by atoms with Crippen molar-refractivity contribution < 1.29 is 14.3 Å². The third-order valence-corrected chi connectivity index (χ3v) is 5.47. The molecule has 6 heteroatoms. The monoisotopic (exact) mass is 392 g/mol. The van der Waals surface area contributed by atoms with Crippen LogP contribution in [0.25, 0.3) is 16.9 Å². The first-order valence-corrected chi connectivity index (χ1v) is 9.45. The maximum absolute atomic E-state index is 11.9. The molecule has 1 aliphatic heterocycles. The molecule has 5 nitrogen and oxygen atoms in total. The van der Waals surface area contributed by atoms with Gasteiger partial charge in [0.25, 0.3) is 0 Å². The van der Waals surface area contributed by atoms with Crippen LogP contribution < -0.4 is 4.74 Å². The van der Waals surface area contributed by atoms with Crippen molar-refractivity contribution in [3.63, 3.8) is 0 Å². The van der Waals surface area contributed by atoms with Gasteiger partial charge in [0.15, 0.2) is 6.10 Å². The minimum atomic E-state index is -0.367. The average Bonchev–Trinajstić information content (AvgIpc) is 3.28. The lowest BCUT2D eigenvalue weighted by atomic mass is 9.87. The van der Waals surface area contributed by atoms with Crippen LogP contribution >= 0.6 is 11.6 Å². The molecule has 1 atom stereocenters. The number of ether oxygens (including phenoxy) is 2. The lowest BCUT2D eigenvalue weighted by molar-refractivity contribution is -0.139. The molecule has 2 aromatic carbocycles. The number of carbonyl (C=O) groups is 1. The molecule has 0 bridgehead atoms. The summed E-state index contributed by atoms with van der Waals surface area (Å²) in [5.74, 6) is 0.496. The van der Waals surface area contributed by atoms with Crippen molar-refractivity contribution >= 4 is 17.6 Å². The Morgan fingerprint density at radius 1 is 1.11 bits per heavy atom. The van der Waals surface area contributed by atoms with Crippen LogP contribution in [-0.2, 0) is 16.0 Å². The third kappa shape index (κ3) is 2.70. The normalized spacial score (nSPS) is 17.6. The van der Waals surface area contributed by atoms with Crippen LogP contribution in [0, 0.1) is 0 Å². The van der Waals surface area contributed by atoms with E-state index < -0.39 is 0 Å². The second kappa shape index (κ2) is 6.53. The maximum Gasteiger partial charge on any atom is 0.331 e. The molecule has 28 heavy (non-hydrogen) atoms. The minimum absolute atomic E-state index is 0.285. The molecule has 0 saturated heterocycles. The number of nitrogens with zero attached hydrogens (tertiary/aromatic N) is 2. The molecule has 1 unspecified atom stereocenters. The molecule has 0 fully saturated rings. The predicted molar refractivity (Wildman–Crippen MR) is 106 cm³/mol. The number of hydrogen-bond acceptors (Lipinski definition) is 4. The number of aromatic nitrogens is 2. The second-order valence-electron chi connectivity index (χ2n) is 6.86. The number of fused-ring (bicyclic) bond motifs is 3. The van der Waals surface area contributed by atoms with Gasteiger partial charge in [-0.25, -0.2) is 9.48 Å². The van der Waals surface area contributed by atoms with Crippen molar-refractivity contribution in [2.75, 3.05) is 7.11 Å². The summed E-state index contributed by atoms with van der Waals surface area (Å²) in [7, 11) is 1.64. The van der Waals surface area contributed by atoms with E-state index >= 15 is 0 Å². The molecule has 2 heterocycles. The molecule has 1 aliphatic carbocycles. The van der Waals surface area contributed by atoms with Crippen molar-refractivity contribution in [2.45, 2.75) is 18.9 Å². The van der Waals surface area contributed by atoms with E-state index in [1.165, 1.54) is 0 Å². The Morgan fingerprint density at radius 3 is 2.57 bits per heavy atom. The van der Waals surface area contributed by atoms with Gasteiger partial charge in [0.1, 0.15) is 5.75 Å². The molecule has 5 rings (SSSR count). The van der Waals surface area contributed by atoms with Crippen molar-refractivity contribution in [2.24, 2.45) is 0 Å². The van der Waals surface area contributed by atoms with Gasteiger partial charge in [0.2, 0.25) is 0 Å². The average molecular weight is 393 g/mol. The summed E-state index contributed by atoms with van der Waals surface area (Å²) in [6.07, 6.45) is 2.81. The lowest BCUT2D eigenvalue weighted by Gasteiger charge is -2.21. The molecular formula is C22H17ClN2O3. The van der Waals surface area contributed by atoms with E-state index in [1.54, 1.807) is 13.2 Å². The zero-order valence-electron chi connectivity index (χ0n) is 15.2. The summed E-state index contributed by atoms with van der Waals surface area (Å²) in [4.78, 5) is 11.9. The van der Waals surface area contributed by atoms with E-state index in [0.717, 1.165) is 52.4 Å². The fourth-order valence-corrected chi connectivity index (χ4v) is 4.02. The number of benzene rings is 2.